The van der Waals surface area contributed by atoms with Crippen molar-refractivity contribution in [2.75, 3.05) is 16.2 Å². The van der Waals surface area contributed by atoms with Gasteiger partial charge in [0.05, 0.1) is 10.6 Å². The first-order valence-corrected chi connectivity index (χ1v) is 13.1. The molecule has 0 bridgehead atoms. The van der Waals surface area contributed by atoms with E-state index >= 15 is 0 Å². The maximum absolute atomic E-state index is 13.7. The van der Waals surface area contributed by atoms with E-state index in [2.05, 4.69) is 5.32 Å². The Labute approximate surface area is 214 Å². The molecule has 1 amide bonds. The molecule has 182 valence electrons. The molecule has 0 aliphatic heterocycles. The van der Waals surface area contributed by atoms with Gasteiger partial charge in [-0.05, 0) is 61.9 Å². The van der Waals surface area contributed by atoms with Crippen LogP contribution in [0, 0.1) is 13.8 Å². The van der Waals surface area contributed by atoms with Crippen LogP contribution in [-0.4, -0.2) is 20.9 Å². The summed E-state index contributed by atoms with van der Waals surface area (Å²) in [6, 6.07) is 24.6. The summed E-state index contributed by atoms with van der Waals surface area (Å²) < 4.78 is 34.3. The van der Waals surface area contributed by atoms with E-state index in [9.17, 15) is 13.2 Å². The van der Waals surface area contributed by atoms with E-state index in [4.69, 9.17) is 16.0 Å². The molecular formula is C28H23ClN2O4S. The predicted octanol–water partition coefficient (Wildman–Crippen LogP) is 6.69. The number of aryl methyl sites for hydroxylation is 1. The molecular weight excluding hydrogens is 496 g/mol. The molecule has 1 heterocycles. The number of nitrogens with one attached hydrogen (secondary N) is 1. The average molecular weight is 519 g/mol. The van der Waals surface area contributed by atoms with Crippen LogP contribution in [0.3, 0.4) is 0 Å². The highest BCUT2D eigenvalue weighted by Gasteiger charge is 2.29. The van der Waals surface area contributed by atoms with E-state index in [1.54, 1.807) is 49.4 Å². The summed E-state index contributed by atoms with van der Waals surface area (Å²) in [5, 5.41) is 5.13. The molecule has 36 heavy (non-hydrogen) atoms. The number of halogens is 1. The molecule has 0 fully saturated rings. The minimum Gasteiger partial charge on any atom is -0.456 e. The lowest BCUT2D eigenvalue weighted by atomic mass is 10.1. The number of benzene rings is 4. The van der Waals surface area contributed by atoms with Crippen molar-refractivity contribution >= 4 is 60.8 Å². The first-order chi connectivity index (χ1) is 17.2. The summed E-state index contributed by atoms with van der Waals surface area (Å²) in [4.78, 5) is 13.2. The molecule has 0 aliphatic rings. The molecule has 1 N–H and O–H groups in total. The third kappa shape index (κ3) is 4.43. The van der Waals surface area contributed by atoms with Crippen LogP contribution in [0.5, 0.6) is 0 Å². The summed E-state index contributed by atoms with van der Waals surface area (Å²) in [6.45, 7) is 3.17. The molecule has 0 saturated heterocycles. The van der Waals surface area contributed by atoms with Crippen LogP contribution in [0.2, 0.25) is 5.02 Å². The number of hydrogen-bond donors (Lipinski definition) is 1. The van der Waals surface area contributed by atoms with E-state index in [1.165, 1.54) is 12.1 Å². The van der Waals surface area contributed by atoms with Gasteiger partial charge in [0.25, 0.3) is 10.0 Å². The van der Waals surface area contributed by atoms with Crippen molar-refractivity contribution in [1.82, 2.24) is 0 Å². The zero-order valence-corrected chi connectivity index (χ0v) is 21.2. The van der Waals surface area contributed by atoms with Crippen molar-refractivity contribution in [2.24, 2.45) is 0 Å². The number of anilines is 2. The lowest BCUT2D eigenvalue weighted by Gasteiger charge is -2.26. The molecule has 0 aliphatic carbocycles. The van der Waals surface area contributed by atoms with Gasteiger partial charge in [0, 0.05) is 27.5 Å². The van der Waals surface area contributed by atoms with Crippen molar-refractivity contribution < 1.29 is 17.6 Å². The topological polar surface area (TPSA) is 79.6 Å². The number of carbonyl (C=O) groups is 1. The highest BCUT2D eigenvalue weighted by Crippen LogP contribution is 2.32. The number of sulfonamides is 1. The number of hydrogen-bond acceptors (Lipinski definition) is 4. The predicted molar refractivity (Wildman–Crippen MR) is 144 cm³/mol. The second-order valence-electron chi connectivity index (χ2n) is 8.57. The highest BCUT2D eigenvalue weighted by atomic mass is 35.5. The smallest absolute Gasteiger partial charge is 0.264 e. The van der Waals surface area contributed by atoms with Crippen LogP contribution in [0.15, 0.2) is 94.2 Å². The molecule has 0 saturated carbocycles. The van der Waals surface area contributed by atoms with Crippen molar-refractivity contribution in [2.45, 2.75) is 18.7 Å². The Bertz CT molecular complexity index is 1710. The van der Waals surface area contributed by atoms with Crippen LogP contribution in [-0.2, 0) is 14.8 Å². The molecule has 0 atom stereocenters. The number of fused-ring (bicyclic) bond motifs is 3. The second-order valence-corrected chi connectivity index (χ2v) is 10.8. The van der Waals surface area contributed by atoms with Crippen molar-refractivity contribution in [3.63, 3.8) is 0 Å². The fraction of sp³-hybridized carbons (Fsp3) is 0.107. The Kier molecular flexibility index (Phi) is 6.20. The minimum atomic E-state index is -4.05. The highest BCUT2D eigenvalue weighted by molar-refractivity contribution is 7.92. The van der Waals surface area contributed by atoms with Gasteiger partial charge in [0.1, 0.15) is 17.7 Å². The van der Waals surface area contributed by atoms with Gasteiger partial charge in [-0.3, -0.25) is 9.10 Å². The number of para-hydroxylation sites is 1. The van der Waals surface area contributed by atoms with E-state index in [0.29, 0.717) is 27.5 Å². The van der Waals surface area contributed by atoms with Gasteiger partial charge < -0.3 is 9.73 Å². The molecule has 0 unspecified atom stereocenters. The van der Waals surface area contributed by atoms with Gasteiger partial charge in [0.15, 0.2) is 0 Å². The maximum atomic E-state index is 13.7. The normalized spacial score (nSPS) is 11.6. The Morgan fingerprint density at radius 3 is 2.39 bits per heavy atom. The first-order valence-electron chi connectivity index (χ1n) is 11.3. The third-order valence-corrected chi connectivity index (χ3v) is 8.25. The largest absolute Gasteiger partial charge is 0.456 e. The number of carbonyl (C=O) groups excluding carboxylic acids is 1. The van der Waals surface area contributed by atoms with E-state index in [-0.39, 0.29) is 4.90 Å². The van der Waals surface area contributed by atoms with Gasteiger partial charge >= 0.3 is 0 Å². The number of rotatable bonds is 6. The summed E-state index contributed by atoms with van der Waals surface area (Å²) in [7, 11) is -4.05. The van der Waals surface area contributed by atoms with Gasteiger partial charge in [-0.15, -0.1) is 0 Å². The molecule has 4 aromatic carbocycles. The first kappa shape index (κ1) is 23.9. The Hall–Kier alpha value is -3.81. The number of amides is 1. The van der Waals surface area contributed by atoms with E-state index in [0.717, 1.165) is 26.2 Å². The van der Waals surface area contributed by atoms with Crippen LogP contribution < -0.4 is 9.62 Å². The summed E-state index contributed by atoms with van der Waals surface area (Å²) in [5.41, 5.74) is 3.71. The Morgan fingerprint density at radius 2 is 1.61 bits per heavy atom. The lowest BCUT2D eigenvalue weighted by Crippen LogP contribution is -2.38. The van der Waals surface area contributed by atoms with Gasteiger partial charge in [0.2, 0.25) is 5.91 Å². The molecule has 1 aromatic heterocycles. The van der Waals surface area contributed by atoms with Gasteiger partial charge in [-0.1, -0.05) is 53.6 Å². The fourth-order valence-electron chi connectivity index (χ4n) is 4.14. The SMILES string of the molecule is Cc1ccc(S(=O)(=O)N(CC(=O)Nc2ccc3c(c2)oc2ccccc23)c2cccc(Cl)c2C)cc1. The Morgan fingerprint density at radius 1 is 0.889 bits per heavy atom. The average Bonchev–Trinajstić information content (AvgIpc) is 3.22. The van der Waals surface area contributed by atoms with Crippen molar-refractivity contribution in [3.05, 3.63) is 101 Å². The third-order valence-electron chi connectivity index (χ3n) is 6.07. The molecule has 5 rings (SSSR count). The van der Waals surface area contributed by atoms with Crippen LogP contribution >= 0.6 is 11.6 Å². The fourth-order valence-corrected chi connectivity index (χ4v) is 5.79. The zero-order valence-electron chi connectivity index (χ0n) is 19.7. The summed E-state index contributed by atoms with van der Waals surface area (Å²) >= 11 is 6.30. The minimum absolute atomic E-state index is 0.0870. The maximum Gasteiger partial charge on any atom is 0.264 e. The lowest BCUT2D eigenvalue weighted by molar-refractivity contribution is -0.114. The molecule has 5 aromatic rings. The Balaban J connectivity index is 1.48. The van der Waals surface area contributed by atoms with Crippen molar-refractivity contribution in [3.8, 4) is 0 Å². The van der Waals surface area contributed by atoms with Gasteiger partial charge in [-0.2, -0.15) is 0 Å². The zero-order chi connectivity index (χ0) is 25.4. The summed E-state index contributed by atoms with van der Waals surface area (Å²) in [5.74, 6) is -0.500. The van der Waals surface area contributed by atoms with Crippen molar-refractivity contribution in [1.29, 1.82) is 0 Å². The van der Waals surface area contributed by atoms with Crippen LogP contribution in [0.25, 0.3) is 21.9 Å². The molecule has 8 heteroatoms. The van der Waals surface area contributed by atoms with Gasteiger partial charge in [-0.25, -0.2) is 8.42 Å². The summed E-state index contributed by atoms with van der Waals surface area (Å²) in [6.07, 6.45) is 0. The van der Waals surface area contributed by atoms with Crippen LogP contribution in [0.4, 0.5) is 11.4 Å². The quantitative estimate of drug-likeness (QED) is 0.271. The van der Waals surface area contributed by atoms with E-state index in [1.807, 2.05) is 37.3 Å². The standard InChI is InChI=1S/C28H23ClN2O4S/c1-18-10-13-21(14-11-18)36(33,34)31(25-8-5-7-24(29)19(25)2)17-28(32)30-20-12-15-23-22-6-3-4-9-26(22)35-27(23)16-20/h3-16H,17H2,1-2H3,(H,30,32). The second kappa shape index (κ2) is 9.33. The molecule has 0 spiro atoms. The molecule has 6 nitrogen and oxygen atoms in total. The van der Waals surface area contributed by atoms with E-state index < -0.39 is 22.5 Å². The number of furan rings is 1. The van der Waals surface area contributed by atoms with Crippen LogP contribution in [0.1, 0.15) is 11.1 Å². The molecule has 0 radical (unpaired) electrons. The number of nitrogens with zero attached hydrogens (tertiary/aromatic N) is 1. The monoisotopic (exact) mass is 518 g/mol.